The predicted molar refractivity (Wildman–Crippen MR) is 82.2 cm³/mol. The summed E-state index contributed by atoms with van der Waals surface area (Å²) in [5, 5.41) is 0. The lowest BCUT2D eigenvalue weighted by molar-refractivity contribution is 0.357. The zero-order valence-corrected chi connectivity index (χ0v) is 11.5. The molecule has 98 valence electrons. The highest BCUT2D eigenvalue weighted by Crippen LogP contribution is 2.31. The monoisotopic (exact) mass is 250 g/mol. The molecule has 0 heterocycles. The van der Waals surface area contributed by atoms with E-state index in [-0.39, 0.29) is 0 Å². The smallest absolute Gasteiger partial charge is 0.0152 e. The van der Waals surface area contributed by atoms with Gasteiger partial charge in [0.25, 0.3) is 0 Å². The molecule has 0 saturated heterocycles. The van der Waals surface area contributed by atoms with E-state index in [1.165, 1.54) is 55.2 Å². The number of hydrogen-bond donors (Lipinski definition) is 0. The standard InChI is InChI=1S/C19H22/c1-3-9-16(10-4-1)15-18-13-7-8-14-19(18)17-11-5-2-6-12-17/h2,5-8,11-14,16H,1,3-4,9-10,15H2. The molecular weight excluding hydrogens is 228 g/mol. The fourth-order valence-electron chi connectivity index (χ4n) is 3.30. The van der Waals surface area contributed by atoms with E-state index in [2.05, 4.69) is 54.6 Å². The maximum Gasteiger partial charge on any atom is -0.0152 e. The molecule has 0 amide bonds. The third kappa shape index (κ3) is 3.07. The first-order valence-electron chi connectivity index (χ1n) is 7.57. The van der Waals surface area contributed by atoms with Crippen LogP contribution in [0.3, 0.4) is 0 Å². The Bertz CT molecular complexity index is 507. The molecule has 0 N–H and O–H groups in total. The van der Waals surface area contributed by atoms with Crippen molar-refractivity contribution < 1.29 is 0 Å². The molecule has 1 aliphatic carbocycles. The Morgan fingerprint density at radius 3 is 2.21 bits per heavy atom. The van der Waals surface area contributed by atoms with Crippen molar-refractivity contribution in [3.8, 4) is 11.1 Å². The van der Waals surface area contributed by atoms with E-state index in [4.69, 9.17) is 0 Å². The Morgan fingerprint density at radius 1 is 0.737 bits per heavy atom. The van der Waals surface area contributed by atoms with E-state index in [9.17, 15) is 0 Å². The third-order valence-electron chi connectivity index (χ3n) is 4.34. The summed E-state index contributed by atoms with van der Waals surface area (Å²) < 4.78 is 0. The minimum absolute atomic E-state index is 0.901. The summed E-state index contributed by atoms with van der Waals surface area (Å²) in [6.45, 7) is 0. The van der Waals surface area contributed by atoms with Crippen LogP contribution < -0.4 is 0 Å². The van der Waals surface area contributed by atoms with Gasteiger partial charge >= 0.3 is 0 Å². The lowest BCUT2D eigenvalue weighted by Crippen LogP contribution is -2.09. The molecule has 0 spiro atoms. The van der Waals surface area contributed by atoms with Crippen LogP contribution in [-0.2, 0) is 6.42 Å². The first-order valence-corrected chi connectivity index (χ1v) is 7.57. The molecule has 1 aliphatic rings. The van der Waals surface area contributed by atoms with Crippen molar-refractivity contribution in [2.45, 2.75) is 38.5 Å². The second-order valence-corrected chi connectivity index (χ2v) is 5.73. The highest BCUT2D eigenvalue weighted by molar-refractivity contribution is 5.67. The Balaban J connectivity index is 1.85. The summed E-state index contributed by atoms with van der Waals surface area (Å²) in [7, 11) is 0. The Hall–Kier alpha value is -1.56. The van der Waals surface area contributed by atoms with Crippen LogP contribution in [-0.4, -0.2) is 0 Å². The maximum absolute atomic E-state index is 2.32. The average molecular weight is 250 g/mol. The molecule has 0 atom stereocenters. The normalized spacial score (nSPS) is 16.4. The lowest BCUT2D eigenvalue weighted by atomic mass is 9.83. The van der Waals surface area contributed by atoms with Crippen LogP contribution >= 0.6 is 0 Å². The van der Waals surface area contributed by atoms with Gasteiger partial charge in [-0.3, -0.25) is 0 Å². The molecule has 2 aromatic carbocycles. The average Bonchev–Trinajstić information content (AvgIpc) is 2.50. The first kappa shape index (κ1) is 12.5. The molecule has 0 aromatic heterocycles. The second kappa shape index (κ2) is 6.06. The minimum Gasteiger partial charge on any atom is -0.0622 e. The van der Waals surface area contributed by atoms with Crippen LogP contribution in [0.4, 0.5) is 0 Å². The summed E-state index contributed by atoms with van der Waals surface area (Å²) in [6.07, 6.45) is 8.39. The fourth-order valence-corrected chi connectivity index (χ4v) is 3.30. The maximum atomic E-state index is 2.32. The van der Waals surface area contributed by atoms with E-state index in [1.807, 2.05) is 0 Å². The van der Waals surface area contributed by atoms with Crippen molar-refractivity contribution in [1.82, 2.24) is 0 Å². The Kier molecular flexibility index (Phi) is 3.98. The third-order valence-corrected chi connectivity index (χ3v) is 4.34. The topological polar surface area (TPSA) is 0 Å². The molecule has 0 unspecified atom stereocenters. The lowest BCUT2D eigenvalue weighted by Gasteiger charge is -2.22. The first-order chi connectivity index (χ1) is 9.43. The Labute approximate surface area is 116 Å². The van der Waals surface area contributed by atoms with Gasteiger partial charge in [0.05, 0.1) is 0 Å². The van der Waals surface area contributed by atoms with Gasteiger partial charge in [-0.15, -0.1) is 0 Å². The largest absolute Gasteiger partial charge is 0.0622 e. The molecule has 2 aromatic rings. The van der Waals surface area contributed by atoms with E-state index in [0.717, 1.165) is 5.92 Å². The van der Waals surface area contributed by atoms with E-state index >= 15 is 0 Å². The molecule has 0 heteroatoms. The molecule has 0 aliphatic heterocycles. The minimum atomic E-state index is 0.901. The molecule has 0 nitrogen and oxygen atoms in total. The van der Waals surface area contributed by atoms with Crippen molar-refractivity contribution in [1.29, 1.82) is 0 Å². The summed E-state index contributed by atoms with van der Waals surface area (Å²) >= 11 is 0. The SMILES string of the molecule is c1ccc(-c2ccccc2CC2CCCCC2)cc1. The van der Waals surface area contributed by atoms with Crippen LogP contribution in [0.2, 0.25) is 0 Å². The van der Waals surface area contributed by atoms with Gasteiger partial charge in [-0.2, -0.15) is 0 Å². The van der Waals surface area contributed by atoms with Gasteiger partial charge in [-0.05, 0) is 29.0 Å². The summed E-state index contributed by atoms with van der Waals surface area (Å²) in [4.78, 5) is 0. The highest BCUT2D eigenvalue weighted by atomic mass is 14.2. The predicted octanol–water partition coefficient (Wildman–Crippen LogP) is 5.48. The van der Waals surface area contributed by atoms with Crippen LogP contribution in [0.25, 0.3) is 11.1 Å². The Morgan fingerprint density at radius 2 is 1.42 bits per heavy atom. The fraction of sp³-hybridized carbons (Fsp3) is 0.368. The van der Waals surface area contributed by atoms with Crippen LogP contribution in [0.5, 0.6) is 0 Å². The van der Waals surface area contributed by atoms with Crippen LogP contribution in [0.15, 0.2) is 54.6 Å². The second-order valence-electron chi connectivity index (χ2n) is 5.73. The van der Waals surface area contributed by atoms with Gasteiger partial charge in [0.1, 0.15) is 0 Å². The van der Waals surface area contributed by atoms with Crippen molar-refractivity contribution in [2.24, 2.45) is 5.92 Å². The van der Waals surface area contributed by atoms with Crippen LogP contribution in [0, 0.1) is 5.92 Å². The van der Waals surface area contributed by atoms with Crippen molar-refractivity contribution in [3.63, 3.8) is 0 Å². The molecule has 19 heavy (non-hydrogen) atoms. The zero-order chi connectivity index (χ0) is 12.9. The van der Waals surface area contributed by atoms with Crippen molar-refractivity contribution in [2.75, 3.05) is 0 Å². The number of rotatable bonds is 3. The summed E-state index contributed by atoms with van der Waals surface area (Å²) in [6, 6.07) is 19.7. The molecule has 0 bridgehead atoms. The van der Waals surface area contributed by atoms with Crippen molar-refractivity contribution in [3.05, 3.63) is 60.2 Å². The van der Waals surface area contributed by atoms with E-state index < -0.39 is 0 Å². The number of benzene rings is 2. The van der Waals surface area contributed by atoms with Gasteiger partial charge in [-0.1, -0.05) is 86.7 Å². The van der Waals surface area contributed by atoms with E-state index in [1.54, 1.807) is 0 Å². The highest BCUT2D eigenvalue weighted by Gasteiger charge is 2.15. The van der Waals surface area contributed by atoms with Gasteiger partial charge in [0.2, 0.25) is 0 Å². The molecule has 1 fully saturated rings. The molecular formula is C19H22. The van der Waals surface area contributed by atoms with Crippen molar-refractivity contribution >= 4 is 0 Å². The zero-order valence-electron chi connectivity index (χ0n) is 11.5. The van der Waals surface area contributed by atoms with Gasteiger partial charge < -0.3 is 0 Å². The summed E-state index contributed by atoms with van der Waals surface area (Å²) in [5.41, 5.74) is 4.31. The van der Waals surface area contributed by atoms with Crippen LogP contribution in [0.1, 0.15) is 37.7 Å². The number of hydrogen-bond acceptors (Lipinski definition) is 0. The molecule has 1 saturated carbocycles. The molecule has 0 radical (unpaired) electrons. The van der Waals surface area contributed by atoms with Gasteiger partial charge in [0, 0.05) is 0 Å². The van der Waals surface area contributed by atoms with E-state index in [0.29, 0.717) is 0 Å². The quantitative estimate of drug-likeness (QED) is 0.677. The van der Waals surface area contributed by atoms with Gasteiger partial charge in [-0.25, -0.2) is 0 Å². The van der Waals surface area contributed by atoms with Gasteiger partial charge in [0.15, 0.2) is 0 Å². The molecule has 3 rings (SSSR count). The summed E-state index contributed by atoms with van der Waals surface area (Å²) in [5.74, 6) is 0.901.